The molecular formula is C11H12F2O2. The number of carbonyl (C=O) groups excluding carboxylic acids is 1. The number of methoxy groups -OCH3 is 1. The van der Waals surface area contributed by atoms with E-state index in [-0.39, 0.29) is 5.56 Å². The monoisotopic (exact) mass is 214 g/mol. The van der Waals surface area contributed by atoms with Crippen molar-refractivity contribution < 1.29 is 18.3 Å². The van der Waals surface area contributed by atoms with Gasteiger partial charge in [0, 0.05) is 12.5 Å². The maximum absolute atomic E-state index is 12.7. The van der Waals surface area contributed by atoms with Gasteiger partial charge in [0.15, 0.2) is 0 Å². The largest absolute Gasteiger partial charge is 0.496 e. The molecule has 0 saturated carbocycles. The van der Waals surface area contributed by atoms with Crippen LogP contribution >= 0.6 is 0 Å². The Hall–Kier alpha value is -1.45. The molecule has 0 aromatic heterocycles. The zero-order valence-corrected chi connectivity index (χ0v) is 8.80. The van der Waals surface area contributed by atoms with Crippen molar-refractivity contribution in [1.29, 1.82) is 0 Å². The number of benzene rings is 1. The summed E-state index contributed by atoms with van der Waals surface area (Å²) in [5, 5.41) is 0. The van der Waals surface area contributed by atoms with E-state index in [1.807, 2.05) is 0 Å². The third-order valence-corrected chi connectivity index (χ3v) is 2.07. The Morgan fingerprint density at radius 2 is 2.00 bits per heavy atom. The van der Waals surface area contributed by atoms with Crippen LogP contribution in [0.3, 0.4) is 0 Å². The highest BCUT2D eigenvalue weighted by Crippen LogP contribution is 2.24. The third-order valence-electron chi connectivity index (χ3n) is 2.07. The number of ether oxygens (including phenoxy) is 1. The molecular weight excluding hydrogens is 202 g/mol. The minimum atomic E-state index is -3.35. The lowest BCUT2D eigenvalue weighted by molar-refractivity contribution is 0.0221. The number of Topliss-reactive ketones (excluding diaryl/α,β-unsaturated/α-hetero) is 1. The van der Waals surface area contributed by atoms with Gasteiger partial charge in [0.25, 0.3) is 0 Å². The SMILES string of the molecule is COc1cc(C(=O)C(C)(F)F)ccc1C. The fourth-order valence-electron chi connectivity index (χ4n) is 1.21. The second-order valence-corrected chi connectivity index (χ2v) is 3.40. The van der Waals surface area contributed by atoms with Crippen LogP contribution in [-0.2, 0) is 0 Å². The van der Waals surface area contributed by atoms with Crippen molar-refractivity contribution >= 4 is 5.78 Å². The average molecular weight is 214 g/mol. The van der Waals surface area contributed by atoms with Crippen molar-refractivity contribution in [3.8, 4) is 5.75 Å². The number of aryl methyl sites for hydroxylation is 1. The van der Waals surface area contributed by atoms with E-state index in [0.717, 1.165) is 5.56 Å². The van der Waals surface area contributed by atoms with Gasteiger partial charge in [0.1, 0.15) is 5.75 Å². The molecule has 0 amide bonds. The quantitative estimate of drug-likeness (QED) is 0.723. The van der Waals surface area contributed by atoms with Gasteiger partial charge < -0.3 is 4.74 Å². The molecule has 0 radical (unpaired) electrons. The molecule has 0 N–H and O–H groups in total. The first kappa shape index (κ1) is 11.6. The maximum atomic E-state index is 12.7. The summed E-state index contributed by atoms with van der Waals surface area (Å²) < 4.78 is 30.4. The van der Waals surface area contributed by atoms with Crippen LogP contribution in [-0.4, -0.2) is 18.8 Å². The van der Waals surface area contributed by atoms with Crippen molar-refractivity contribution in [3.63, 3.8) is 0 Å². The molecule has 0 heterocycles. The van der Waals surface area contributed by atoms with Crippen LogP contribution < -0.4 is 4.74 Å². The molecule has 0 aliphatic heterocycles. The lowest BCUT2D eigenvalue weighted by atomic mass is 10.0. The van der Waals surface area contributed by atoms with Crippen LogP contribution in [0, 0.1) is 6.92 Å². The highest BCUT2D eigenvalue weighted by Gasteiger charge is 2.33. The Bertz CT molecular complexity index is 381. The molecule has 0 spiro atoms. The van der Waals surface area contributed by atoms with Gasteiger partial charge in [0.05, 0.1) is 7.11 Å². The molecule has 1 aromatic rings. The number of alkyl halides is 2. The summed E-state index contributed by atoms with van der Waals surface area (Å²) in [7, 11) is 1.43. The summed E-state index contributed by atoms with van der Waals surface area (Å²) in [4.78, 5) is 11.2. The zero-order valence-electron chi connectivity index (χ0n) is 8.80. The van der Waals surface area contributed by atoms with Crippen LogP contribution in [0.15, 0.2) is 18.2 Å². The summed E-state index contributed by atoms with van der Waals surface area (Å²) >= 11 is 0. The number of hydrogen-bond donors (Lipinski definition) is 0. The Labute approximate surface area is 86.9 Å². The first-order valence-corrected chi connectivity index (χ1v) is 4.43. The van der Waals surface area contributed by atoms with E-state index in [4.69, 9.17) is 4.74 Å². The predicted molar refractivity (Wildman–Crippen MR) is 52.7 cm³/mol. The van der Waals surface area contributed by atoms with Crippen LogP contribution in [0.4, 0.5) is 8.78 Å². The summed E-state index contributed by atoms with van der Waals surface area (Å²) in [5.41, 5.74) is 0.762. The predicted octanol–water partition coefficient (Wildman–Crippen LogP) is 2.84. The van der Waals surface area contributed by atoms with Crippen LogP contribution in [0.25, 0.3) is 0 Å². The van der Waals surface area contributed by atoms with Gasteiger partial charge in [0.2, 0.25) is 5.78 Å². The molecule has 0 saturated heterocycles. The Kier molecular flexibility index (Phi) is 3.07. The summed E-state index contributed by atoms with van der Waals surface area (Å²) in [6, 6.07) is 4.28. The van der Waals surface area contributed by atoms with Crippen molar-refractivity contribution in [2.45, 2.75) is 19.8 Å². The topological polar surface area (TPSA) is 26.3 Å². The molecule has 0 aliphatic rings. The number of carbonyl (C=O) groups is 1. The Balaban J connectivity index is 3.12. The van der Waals surface area contributed by atoms with E-state index in [1.54, 1.807) is 13.0 Å². The fraction of sp³-hybridized carbons (Fsp3) is 0.364. The molecule has 2 nitrogen and oxygen atoms in total. The van der Waals surface area contributed by atoms with E-state index in [2.05, 4.69) is 0 Å². The number of rotatable bonds is 3. The number of halogens is 2. The van der Waals surface area contributed by atoms with Gasteiger partial charge in [-0.3, -0.25) is 4.79 Å². The van der Waals surface area contributed by atoms with Crippen molar-refractivity contribution in [3.05, 3.63) is 29.3 Å². The van der Waals surface area contributed by atoms with Gasteiger partial charge in [-0.1, -0.05) is 12.1 Å². The number of hydrogen-bond acceptors (Lipinski definition) is 2. The van der Waals surface area contributed by atoms with Crippen LogP contribution in [0.1, 0.15) is 22.8 Å². The van der Waals surface area contributed by atoms with Gasteiger partial charge >= 0.3 is 5.92 Å². The highest BCUT2D eigenvalue weighted by molar-refractivity contribution is 6.01. The summed E-state index contributed by atoms with van der Waals surface area (Å²) in [5.74, 6) is -4.11. The molecule has 1 rings (SSSR count). The molecule has 0 fully saturated rings. The summed E-state index contributed by atoms with van der Waals surface area (Å²) in [6.07, 6.45) is 0. The number of ketones is 1. The molecule has 15 heavy (non-hydrogen) atoms. The van der Waals surface area contributed by atoms with E-state index in [0.29, 0.717) is 12.7 Å². The van der Waals surface area contributed by atoms with E-state index < -0.39 is 11.7 Å². The molecule has 0 bridgehead atoms. The van der Waals surface area contributed by atoms with Crippen molar-refractivity contribution in [1.82, 2.24) is 0 Å². The molecule has 0 unspecified atom stereocenters. The molecule has 4 heteroatoms. The molecule has 0 atom stereocenters. The molecule has 0 aliphatic carbocycles. The van der Waals surface area contributed by atoms with Gasteiger partial charge in [-0.05, 0) is 18.6 Å². The lowest BCUT2D eigenvalue weighted by Gasteiger charge is -2.11. The van der Waals surface area contributed by atoms with Gasteiger partial charge in [-0.25, -0.2) is 0 Å². The Morgan fingerprint density at radius 3 is 2.47 bits per heavy atom. The molecule has 82 valence electrons. The smallest absolute Gasteiger partial charge is 0.307 e. The Morgan fingerprint density at radius 1 is 1.40 bits per heavy atom. The summed E-state index contributed by atoms with van der Waals surface area (Å²) in [6.45, 7) is 2.36. The lowest BCUT2D eigenvalue weighted by Crippen LogP contribution is -2.24. The average Bonchev–Trinajstić information content (AvgIpc) is 2.16. The van der Waals surface area contributed by atoms with E-state index in [1.165, 1.54) is 19.2 Å². The first-order valence-electron chi connectivity index (χ1n) is 4.43. The third kappa shape index (κ3) is 2.52. The van der Waals surface area contributed by atoms with Crippen LogP contribution in [0.2, 0.25) is 0 Å². The molecule has 1 aromatic carbocycles. The fourth-order valence-corrected chi connectivity index (χ4v) is 1.21. The van der Waals surface area contributed by atoms with E-state index >= 15 is 0 Å². The minimum Gasteiger partial charge on any atom is -0.496 e. The second kappa shape index (κ2) is 3.96. The van der Waals surface area contributed by atoms with E-state index in [9.17, 15) is 13.6 Å². The zero-order chi connectivity index (χ0) is 11.6. The van der Waals surface area contributed by atoms with Crippen molar-refractivity contribution in [2.75, 3.05) is 7.11 Å². The minimum absolute atomic E-state index is 0.0371. The van der Waals surface area contributed by atoms with Gasteiger partial charge in [-0.2, -0.15) is 8.78 Å². The van der Waals surface area contributed by atoms with Crippen LogP contribution in [0.5, 0.6) is 5.75 Å². The maximum Gasteiger partial charge on any atom is 0.307 e. The van der Waals surface area contributed by atoms with Gasteiger partial charge in [-0.15, -0.1) is 0 Å². The normalized spacial score (nSPS) is 11.3. The second-order valence-electron chi connectivity index (χ2n) is 3.40. The standard InChI is InChI=1S/C11H12F2O2/c1-7-4-5-8(6-9(7)15-3)10(14)11(2,12)13/h4-6H,1-3H3. The van der Waals surface area contributed by atoms with Crippen molar-refractivity contribution in [2.24, 2.45) is 0 Å². The highest BCUT2D eigenvalue weighted by atomic mass is 19.3. The first-order chi connectivity index (χ1) is 6.86.